The van der Waals surface area contributed by atoms with E-state index in [0.29, 0.717) is 39.4 Å². The quantitative estimate of drug-likeness (QED) is 0.506. The Morgan fingerprint density at radius 1 is 0.921 bits per heavy atom. The van der Waals surface area contributed by atoms with Gasteiger partial charge in [-0.1, -0.05) is 12.1 Å². The molecular weight excluding hydrogens is 499 g/mol. The number of piperazine rings is 1. The van der Waals surface area contributed by atoms with E-state index >= 15 is 0 Å². The number of halogens is 3. The van der Waals surface area contributed by atoms with Crippen molar-refractivity contribution in [2.45, 2.75) is 32.5 Å². The first-order chi connectivity index (χ1) is 18.2. The van der Waals surface area contributed by atoms with Crippen LogP contribution in [0.15, 0.2) is 48.5 Å². The summed E-state index contributed by atoms with van der Waals surface area (Å²) in [7, 11) is 0. The molecule has 2 aliphatic heterocycles. The summed E-state index contributed by atoms with van der Waals surface area (Å²) >= 11 is 0. The lowest BCUT2D eigenvalue weighted by molar-refractivity contribution is -0.137. The van der Waals surface area contributed by atoms with Gasteiger partial charge in [0, 0.05) is 57.3 Å². The molecule has 4 rings (SSSR count). The number of carbonyl (C=O) groups is 2. The average molecular weight is 534 g/mol. The van der Waals surface area contributed by atoms with Crippen LogP contribution < -0.4 is 4.74 Å². The average Bonchev–Trinajstić information content (AvgIpc) is 2.92. The fraction of sp³-hybridized carbons (Fsp3) is 0.500. The normalized spacial score (nSPS) is 18.8. The number of alkyl halides is 3. The first-order valence-corrected chi connectivity index (χ1v) is 13.0. The van der Waals surface area contributed by atoms with Crippen LogP contribution in [0.25, 0.3) is 0 Å². The third kappa shape index (κ3) is 7.40. The largest absolute Gasteiger partial charge is 0.493 e. The molecule has 0 saturated carbocycles. The molecule has 38 heavy (non-hydrogen) atoms. The lowest BCUT2D eigenvalue weighted by Gasteiger charge is -2.34. The summed E-state index contributed by atoms with van der Waals surface area (Å²) in [4.78, 5) is 30.4. The Morgan fingerprint density at radius 2 is 1.61 bits per heavy atom. The van der Waals surface area contributed by atoms with Gasteiger partial charge in [-0.25, -0.2) is 4.79 Å². The molecule has 1 unspecified atom stereocenters. The Hall–Kier alpha value is -3.27. The van der Waals surface area contributed by atoms with Crippen LogP contribution in [-0.4, -0.2) is 79.2 Å². The fourth-order valence-electron chi connectivity index (χ4n) is 4.84. The summed E-state index contributed by atoms with van der Waals surface area (Å²) < 4.78 is 49.5. The van der Waals surface area contributed by atoms with Crippen LogP contribution in [0.4, 0.5) is 18.0 Å². The van der Waals surface area contributed by atoms with Gasteiger partial charge < -0.3 is 19.3 Å². The molecule has 0 bridgehead atoms. The lowest BCUT2D eigenvalue weighted by Crippen LogP contribution is -2.48. The molecule has 1 atom stereocenters. The van der Waals surface area contributed by atoms with E-state index in [1.165, 1.54) is 12.1 Å². The number of hydrogen-bond donors (Lipinski definition) is 0. The number of ether oxygens (including phenoxy) is 2. The van der Waals surface area contributed by atoms with E-state index in [9.17, 15) is 22.8 Å². The van der Waals surface area contributed by atoms with Crippen LogP contribution >= 0.6 is 0 Å². The molecule has 7 nitrogen and oxygen atoms in total. The zero-order valence-electron chi connectivity index (χ0n) is 21.6. The van der Waals surface area contributed by atoms with Crippen molar-refractivity contribution in [3.8, 4) is 5.75 Å². The molecule has 0 radical (unpaired) electrons. The summed E-state index contributed by atoms with van der Waals surface area (Å²) in [6.07, 6.45) is -2.93. The maximum Gasteiger partial charge on any atom is 0.416 e. The zero-order chi connectivity index (χ0) is 27.1. The SMILES string of the molecule is CCOC(=O)N1CCN(Cc2ccc(OCC3CCCN(C(=O)c4ccc(C(F)(F)F)cc4)C3)cc2)CC1. The number of hydrogen-bond acceptors (Lipinski definition) is 5. The number of likely N-dealkylation sites (tertiary alicyclic amines) is 1. The van der Waals surface area contributed by atoms with Crippen LogP contribution in [0.3, 0.4) is 0 Å². The highest BCUT2D eigenvalue weighted by molar-refractivity contribution is 5.94. The van der Waals surface area contributed by atoms with Crippen molar-refractivity contribution in [2.75, 3.05) is 52.5 Å². The second-order valence-electron chi connectivity index (χ2n) is 9.75. The lowest BCUT2D eigenvalue weighted by atomic mass is 9.98. The Bertz CT molecular complexity index is 1070. The minimum Gasteiger partial charge on any atom is -0.493 e. The molecule has 0 spiro atoms. The highest BCUT2D eigenvalue weighted by atomic mass is 19.4. The molecule has 2 aliphatic rings. The second kappa shape index (κ2) is 12.5. The first kappa shape index (κ1) is 27.8. The van der Waals surface area contributed by atoms with Gasteiger partial charge >= 0.3 is 12.3 Å². The van der Waals surface area contributed by atoms with Gasteiger partial charge in [0.25, 0.3) is 5.91 Å². The van der Waals surface area contributed by atoms with Crippen LogP contribution in [0.2, 0.25) is 0 Å². The molecule has 0 N–H and O–H groups in total. The molecule has 2 saturated heterocycles. The van der Waals surface area contributed by atoms with E-state index < -0.39 is 11.7 Å². The standard InChI is InChI=1S/C28H34F3N3O4/c1-2-37-27(36)33-16-14-32(15-17-33)18-21-5-11-25(12-6-21)38-20-22-4-3-13-34(19-22)26(35)23-7-9-24(10-8-23)28(29,30)31/h5-12,22H,2-4,13-20H2,1H3. The van der Waals surface area contributed by atoms with Crippen LogP contribution in [0.1, 0.15) is 41.3 Å². The van der Waals surface area contributed by atoms with Crippen molar-refractivity contribution in [1.82, 2.24) is 14.7 Å². The Morgan fingerprint density at radius 3 is 2.24 bits per heavy atom. The predicted octanol–water partition coefficient (Wildman–Crippen LogP) is 4.91. The van der Waals surface area contributed by atoms with E-state index in [1.807, 2.05) is 24.3 Å². The molecule has 2 amide bonds. The van der Waals surface area contributed by atoms with Crippen LogP contribution in [0, 0.1) is 5.92 Å². The van der Waals surface area contributed by atoms with Crippen molar-refractivity contribution in [1.29, 1.82) is 0 Å². The summed E-state index contributed by atoms with van der Waals surface area (Å²) in [5.74, 6) is 0.653. The molecule has 0 aliphatic carbocycles. The third-order valence-electron chi connectivity index (χ3n) is 6.98. The van der Waals surface area contributed by atoms with Gasteiger partial charge in [0.1, 0.15) is 5.75 Å². The second-order valence-corrected chi connectivity index (χ2v) is 9.75. The van der Waals surface area contributed by atoms with Crippen molar-refractivity contribution in [3.05, 3.63) is 65.2 Å². The summed E-state index contributed by atoms with van der Waals surface area (Å²) in [6, 6.07) is 12.3. The molecule has 10 heteroatoms. The van der Waals surface area contributed by atoms with Gasteiger partial charge in [-0.2, -0.15) is 13.2 Å². The first-order valence-electron chi connectivity index (χ1n) is 13.0. The van der Waals surface area contributed by atoms with Gasteiger partial charge in [0.15, 0.2) is 0 Å². The number of piperidine rings is 1. The summed E-state index contributed by atoms with van der Waals surface area (Å²) in [6.45, 7) is 7.43. The molecule has 0 aromatic heterocycles. The van der Waals surface area contributed by atoms with Crippen LogP contribution in [0.5, 0.6) is 5.75 Å². The Kier molecular flexibility index (Phi) is 9.14. The van der Waals surface area contributed by atoms with E-state index in [-0.39, 0.29) is 23.5 Å². The Balaban J connectivity index is 1.22. The highest BCUT2D eigenvalue weighted by Gasteiger charge is 2.31. The molecule has 2 aromatic carbocycles. The molecule has 2 heterocycles. The zero-order valence-corrected chi connectivity index (χ0v) is 21.6. The molecule has 2 aromatic rings. The maximum absolute atomic E-state index is 12.8. The third-order valence-corrected chi connectivity index (χ3v) is 6.98. The Labute approximate surface area is 221 Å². The van der Waals surface area contributed by atoms with E-state index in [0.717, 1.165) is 55.9 Å². The van der Waals surface area contributed by atoms with E-state index in [2.05, 4.69) is 4.90 Å². The number of benzene rings is 2. The predicted molar refractivity (Wildman–Crippen MR) is 136 cm³/mol. The number of carbonyl (C=O) groups excluding carboxylic acids is 2. The number of amides is 2. The summed E-state index contributed by atoms with van der Waals surface area (Å²) in [5, 5.41) is 0. The van der Waals surface area contributed by atoms with Crippen molar-refractivity contribution in [3.63, 3.8) is 0 Å². The van der Waals surface area contributed by atoms with Gasteiger partial charge in [-0.15, -0.1) is 0 Å². The van der Waals surface area contributed by atoms with Crippen molar-refractivity contribution in [2.24, 2.45) is 5.92 Å². The van der Waals surface area contributed by atoms with Gasteiger partial charge in [-0.05, 0) is 61.7 Å². The maximum atomic E-state index is 12.8. The van der Waals surface area contributed by atoms with Crippen molar-refractivity contribution < 1.29 is 32.2 Å². The molecule has 2 fully saturated rings. The fourth-order valence-corrected chi connectivity index (χ4v) is 4.84. The highest BCUT2D eigenvalue weighted by Crippen LogP contribution is 2.29. The number of nitrogens with zero attached hydrogens (tertiary/aromatic N) is 3. The summed E-state index contributed by atoms with van der Waals surface area (Å²) in [5.41, 5.74) is 0.659. The minimum atomic E-state index is -4.42. The molecular formula is C28H34F3N3O4. The van der Waals surface area contributed by atoms with Gasteiger partial charge in [0.05, 0.1) is 18.8 Å². The smallest absolute Gasteiger partial charge is 0.416 e. The topological polar surface area (TPSA) is 62.3 Å². The van der Waals surface area contributed by atoms with Crippen molar-refractivity contribution >= 4 is 12.0 Å². The van der Waals surface area contributed by atoms with Gasteiger partial charge in [-0.3, -0.25) is 9.69 Å². The molecule has 206 valence electrons. The van der Waals surface area contributed by atoms with Crippen LogP contribution in [-0.2, 0) is 17.5 Å². The minimum absolute atomic E-state index is 0.150. The van der Waals surface area contributed by atoms with Gasteiger partial charge in [0.2, 0.25) is 0 Å². The monoisotopic (exact) mass is 533 g/mol. The van der Waals surface area contributed by atoms with E-state index in [1.54, 1.807) is 16.7 Å². The number of rotatable bonds is 7. The van der Waals surface area contributed by atoms with E-state index in [4.69, 9.17) is 9.47 Å².